The summed E-state index contributed by atoms with van der Waals surface area (Å²) < 4.78 is 27.5. The van der Waals surface area contributed by atoms with E-state index in [-0.39, 0.29) is 5.97 Å². The number of unbranched alkanes of at least 4 members (excludes halogenated alkanes) is 11. The maximum Gasteiger partial charge on any atom is 0.343 e. The SMILES string of the molecule is C=CC(=O)OCCCCCCCCCCCOc1ccc(C(=O)Oc2ccc(C(=O)Oc3ccc(OCCCCCC)cc3)cc2)cc1. The van der Waals surface area contributed by atoms with E-state index in [1.807, 2.05) is 0 Å². The second-order valence-electron chi connectivity index (χ2n) is 11.6. The molecule has 3 aromatic carbocycles. The zero-order valence-corrected chi connectivity index (χ0v) is 28.3. The van der Waals surface area contributed by atoms with E-state index in [0.29, 0.717) is 48.2 Å². The Bertz CT molecular complexity index is 1360. The lowest BCUT2D eigenvalue weighted by Gasteiger charge is -2.09. The van der Waals surface area contributed by atoms with Crippen molar-refractivity contribution in [1.29, 1.82) is 0 Å². The largest absolute Gasteiger partial charge is 0.494 e. The summed E-state index contributed by atoms with van der Waals surface area (Å²) in [6, 6.07) is 20.1. The molecule has 0 atom stereocenters. The van der Waals surface area contributed by atoms with Crippen LogP contribution in [0.5, 0.6) is 23.0 Å². The number of esters is 3. The molecule has 0 heterocycles. The second kappa shape index (κ2) is 22.9. The number of hydrogen-bond acceptors (Lipinski definition) is 8. The first-order valence-corrected chi connectivity index (χ1v) is 17.3. The molecule has 0 saturated heterocycles. The normalized spacial score (nSPS) is 10.6. The van der Waals surface area contributed by atoms with Crippen LogP contribution in [0.1, 0.15) is 111 Å². The van der Waals surface area contributed by atoms with Crippen molar-refractivity contribution in [2.45, 2.75) is 90.4 Å². The molecular weight excluding hydrogens is 608 g/mol. The van der Waals surface area contributed by atoms with Gasteiger partial charge in [0.15, 0.2) is 0 Å². The molecule has 0 aliphatic carbocycles. The highest BCUT2D eigenvalue weighted by molar-refractivity contribution is 5.92. The standard InChI is InChI=1S/C40H50O8/c1-3-5-6-14-29-45-35-25-27-37(28-26-35)48-40(43)33-19-23-36(24-20-33)47-39(42)32-17-21-34(22-18-32)44-30-15-12-10-8-7-9-11-13-16-31-46-38(41)4-2/h4,17-28H,2-3,5-16,29-31H2,1H3. The number of rotatable bonds is 24. The van der Waals surface area contributed by atoms with Crippen LogP contribution in [-0.4, -0.2) is 37.7 Å². The molecule has 0 radical (unpaired) electrons. The highest BCUT2D eigenvalue weighted by Gasteiger charge is 2.12. The summed E-state index contributed by atoms with van der Waals surface area (Å²) >= 11 is 0. The Kier molecular flexibility index (Phi) is 18.0. The van der Waals surface area contributed by atoms with Crippen LogP contribution in [0, 0.1) is 0 Å². The van der Waals surface area contributed by atoms with E-state index >= 15 is 0 Å². The topological polar surface area (TPSA) is 97.4 Å². The highest BCUT2D eigenvalue weighted by Crippen LogP contribution is 2.21. The molecule has 0 aliphatic rings. The Morgan fingerprint density at radius 1 is 0.500 bits per heavy atom. The maximum absolute atomic E-state index is 12.6. The van der Waals surface area contributed by atoms with Gasteiger partial charge in [-0.2, -0.15) is 0 Å². The minimum absolute atomic E-state index is 0.323. The van der Waals surface area contributed by atoms with Crippen molar-refractivity contribution >= 4 is 17.9 Å². The first kappa shape index (κ1) is 37.9. The Morgan fingerprint density at radius 2 is 0.854 bits per heavy atom. The van der Waals surface area contributed by atoms with Gasteiger partial charge in [-0.05, 0) is 92.1 Å². The minimum Gasteiger partial charge on any atom is -0.494 e. The third-order valence-corrected chi connectivity index (χ3v) is 7.66. The van der Waals surface area contributed by atoms with Crippen LogP contribution in [0.15, 0.2) is 85.5 Å². The number of carbonyl (C=O) groups is 3. The van der Waals surface area contributed by atoms with Gasteiger partial charge in [0, 0.05) is 6.08 Å². The summed E-state index contributed by atoms with van der Waals surface area (Å²) in [5, 5.41) is 0. The first-order chi connectivity index (χ1) is 23.5. The summed E-state index contributed by atoms with van der Waals surface area (Å²) in [5.41, 5.74) is 0.738. The van der Waals surface area contributed by atoms with Crippen molar-refractivity contribution < 1.29 is 38.1 Å². The van der Waals surface area contributed by atoms with Crippen LogP contribution in [0.2, 0.25) is 0 Å². The Balaban J connectivity index is 1.27. The number of benzene rings is 3. The summed E-state index contributed by atoms with van der Waals surface area (Å²) in [6.45, 7) is 7.33. The lowest BCUT2D eigenvalue weighted by atomic mass is 10.1. The number of ether oxygens (including phenoxy) is 5. The quantitative estimate of drug-likeness (QED) is 0.0406. The summed E-state index contributed by atoms with van der Waals surface area (Å²) in [5.74, 6) is 0.829. The van der Waals surface area contributed by atoms with Crippen LogP contribution in [0.25, 0.3) is 0 Å². The Hall–Kier alpha value is -4.59. The van der Waals surface area contributed by atoms with Gasteiger partial charge in [0.1, 0.15) is 23.0 Å². The monoisotopic (exact) mass is 658 g/mol. The fourth-order valence-corrected chi connectivity index (χ4v) is 4.86. The molecule has 0 spiro atoms. The zero-order valence-electron chi connectivity index (χ0n) is 28.3. The summed E-state index contributed by atoms with van der Waals surface area (Å²) in [6.07, 6.45) is 15.8. The van der Waals surface area contributed by atoms with Crippen molar-refractivity contribution in [2.75, 3.05) is 19.8 Å². The lowest BCUT2D eigenvalue weighted by molar-refractivity contribution is -0.137. The van der Waals surface area contributed by atoms with Crippen molar-refractivity contribution in [3.8, 4) is 23.0 Å². The van der Waals surface area contributed by atoms with E-state index in [0.717, 1.165) is 50.7 Å². The van der Waals surface area contributed by atoms with Crippen LogP contribution in [0.3, 0.4) is 0 Å². The van der Waals surface area contributed by atoms with Crippen molar-refractivity contribution in [3.05, 3.63) is 96.6 Å². The highest BCUT2D eigenvalue weighted by atomic mass is 16.5. The van der Waals surface area contributed by atoms with E-state index in [4.69, 9.17) is 23.7 Å². The molecule has 0 unspecified atom stereocenters. The average molecular weight is 659 g/mol. The van der Waals surface area contributed by atoms with Gasteiger partial charge in [0.05, 0.1) is 30.9 Å². The third kappa shape index (κ3) is 15.3. The van der Waals surface area contributed by atoms with Gasteiger partial charge in [-0.1, -0.05) is 77.7 Å². The van der Waals surface area contributed by atoms with E-state index in [9.17, 15) is 14.4 Å². The van der Waals surface area contributed by atoms with Crippen molar-refractivity contribution in [2.24, 2.45) is 0 Å². The van der Waals surface area contributed by atoms with E-state index in [1.54, 1.807) is 72.8 Å². The lowest BCUT2D eigenvalue weighted by Crippen LogP contribution is -2.10. The summed E-state index contributed by atoms with van der Waals surface area (Å²) in [4.78, 5) is 36.2. The molecule has 0 N–H and O–H groups in total. The fourth-order valence-electron chi connectivity index (χ4n) is 4.86. The van der Waals surface area contributed by atoms with E-state index in [2.05, 4.69) is 13.5 Å². The zero-order chi connectivity index (χ0) is 34.2. The molecule has 0 aromatic heterocycles. The molecule has 258 valence electrons. The molecule has 0 fully saturated rings. The van der Waals surface area contributed by atoms with Crippen LogP contribution in [-0.2, 0) is 9.53 Å². The van der Waals surface area contributed by atoms with E-state index in [1.165, 1.54) is 44.6 Å². The summed E-state index contributed by atoms with van der Waals surface area (Å²) in [7, 11) is 0. The van der Waals surface area contributed by atoms with Crippen molar-refractivity contribution in [1.82, 2.24) is 0 Å². The smallest absolute Gasteiger partial charge is 0.343 e. The molecule has 0 bridgehead atoms. The number of carbonyl (C=O) groups excluding carboxylic acids is 3. The van der Waals surface area contributed by atoms with Crippen LogP contribution >= 0.6 is 0 Å². The molecule has 8 nitrogen and oxygen atoms in total. The van der Waals surface area contributed by atoms with Gasteiger partial charge in [0.25, 0.3) is 0 Å². The molecule has 0 aliphatic heterocycles. The van der Waals surface area contributed by atoms with Gasteiger partial charge in [0.2, 0.25) is 0 Å². The third-order valence-electron chi connectivity index (χ3n) is 7.66. The van der Waals surface area contributed by atoms with Gasteiger partial charge >= 0.3 is 17.9 Å². The second-order valence-corrected chi connectivity index (χ2v) is 11.6. The maximum atomic E-state index is 12.6. The molecule has 0 saturated carbocycles. The molecule has 3 aromatic rings. The first-order valence-electron chi connectivity index (χ1n) is 17.3. The average Bonchev–Trinajstić information content (AvgIpc) is 3.11. The van der Waals surface area contributed by atoms with Gasteiger partial charge < -0.3 is 23.7 Å². The van der Waals surface area contributed by atoms with Crippen LogP contribution in [0.4, 0.5) is 0 Å². The van der Waals surface area contributed by atoms with Gasteiger partial charge in [-0.15, -0.1) is 0 Å². The van der Waals surface area contributed by atoms with Gasteiger partial charge in [-0.3, -0.25) is 0 Å². The predicted molar refractivity (Wildman–Crippen MR) is 187 cm³/mol. The molecule has 8 heteroatoms. The Morgan fingerprint density at radius 3 is 1.29 bits per heavy atom. The fraction of sp³-hybridized carbons (Fsp3) is 0.425. The predicted octanol–water partition coefficient (Wildman–Crippen LogP) is 9.70. The molecule has 48 heavy (non-hydrogen) atoms. The van der Waals surface area contributed by atoms with Crippen molar-refractivity contribution in [3.63, 3.8) is 0 Å². The van der Waals surface area contributed by atoms with Gasteiger partial charge in [-0.25, -0.2) is 14.4 Å². The minimum atomic E-state index is -0.509. The molecule has 0 amide bonds. The van der Waals surface area contributed by atoms with E-state index < -0.39 is 11.9 Å². The number of hydrogen-bond donors (Lipinski definition) is 0. The Labute approximate surface area is 285 Å². The van der Waals surface area contributed by atoms with Crippen LogP contribution < -0.4 is 18.9 Å². The molecular formula is C40H50O8. The molecule has 3 rings (SSSR count).